The highest BCUT2D eigenvalue weighted by Crippen LogP contribution is 2.34. The normalized spacial score (nSPS) is 17.3. The van der Waals surface area contributed by atoms with Gasteiger partial charge in [-0.15, -0.1) is 0 Å². The standard InChI is InChI=1S/C19H17Cl2NO4/c20-14-8-7-10(9-15(14)21)18(24)22-16-6-2-3-11-12(16)4-1-5-13(11)17(23)19(25)26/h1,4-5,7-9,16-17,23H,2-3,6H2,(H,22,24)(H,25,26). The third-order valence-corrected chi connectivity index (χ3v) is 5.30. The molecule has 2 unspecified atom stereocenters. The van der Waals surface area contributed by atoms with Crippen molar-refractivity contribution in [2.75, 3.05) is 0 Å². The van der Waals surface area contributed by atoms with E-state index in [2.05, 4.69) is 5.32 Å². The monoisotopic (exact) mass is 393 g/mol. The Morgan fingerprint density at radius 2 is 1.92 bits per heavy atom. The molecule has 0 aliphatic heterocycles. The van der Waals surface area contributed by atoms with Crippen molar-refractivity contribution < 1.29 is 19.8 Å². The fraction of sp³-hybridized carbons (Fsp3) is 0.263. The molecule has 26 heavy (non-hydrogen) atoms. The number of rotatable bonds is 4. The Bertz CT molecular complexity index is 869. The maximum Gasteiger partial charge on any atom is 0.337 e. The summed E-state index contributed by atoms with van der Waals surface area (Å²) in [6, 6.07) is 9.57. The van der Waals surface area contributed by atoms with E-state index < -0.39 is 12.1 Å². The topological polar surface area (TPSA) is 86.6 Å². The van der Waals surface area contributed by atoms with E-state index in [-0.39, 0.29) is 11.9 Å². The molecule has 2 aromatic rings. The lowest BCUT2D eigenvalue weighted by Crippen LogP contribution is -2.31. The van der Waals surface area contributed by atoms with E-state index in [4.69, 9.17) is 28.3 Å². The lowest BCUT2D eigenvalue weighted by molar-refractivity contribution is -0.147. The number of aliphatic hydroxyl groups excluding tert-OH is 1. The fourth-order valence-electron chi connectivity index (χ4n) is 3.29. The quantitative estimate of drug-likeness (QED) is 0.734. The van der Waals surface area contributed by atoms with Crippen LogP contribution >= 0.6 is 23.2 Å². The van der Waals surface area contributed by atoms with E-state index in [1.807, 2.05) is 6.07 Å². The van der Waals surface area contributed by atoms with Crippen molar-refractivity contribution in [2.45, 2.75) is 31.4 Å². The minimum absolute atomic E-state index is 0.262. The van der Waals surface area contributed by atoms with E-state index in [1.165, 1.54) is 6.07 Å². The van der Waals surface area contributed by atoms with Crippen LogP contribution in [0.2, 0.25) is 10.0 Å². The van der Waals surface area contributed by atoms with Crippen LogP contribution in [0, 0.1) is 0 Å². The molecule has 0 aromatic heterocycles. The zero-order valence-electron chi connectivity index (χ0n) is 13.7. The van der Waals surface area contributed by atoms with Gasteiger partial charge in [0.1, 0.15) is 0 Å². The van der Waals surface area contributed by atoms with Gasteiger partial charge in [-0.25, -0.2) is 4.79 Å². The van der Waals surface area contributed by atoms with Gasteiger partial charge in [0.05, 0.1) is 16.1 Å². The predicted molar refractivity (Wildman–Crippen MR) is 98.6 cm³/mol. The van der Waals surface area contributed by atoms with Crippen molar-refractivity contribution in [2.24, 2.45) is 0 Å². The molecule has 3 N–H and O–H groups in total. The minimum Gasteiger partial charge on any atom is -0.479 e. The smallest absolute Gasteiger partial charge is 0.337 e. The Morgan fingerprint density at radius 3 is 2.62 bits per heavy atom. The number of carbonyl (C=O) groups excluding carboxylic acids is 1. The zero-order chi connectivity index (χ0) is 18.8. The second kappa shape index (κ2) is 7.66. The van der Waals surface area contributed by atoms with Crippen molar-refractivity contribution in [3.63, 3.8) is 0 Å². The number of carboxylic acid groups (broad SMARTS) is 1. The minimum atomic E-state index is -1.57. The van der Waals surface area contributed by atoms with Gasteiger partial charge in [0, 0.05) is 5.56 Å². The number of fused-ring (bicyclic) bond motifs is 1. The number of halogens is 2. The summed E-state index contributed by atoms with van der Waals surface area (Å²) in [4.78, 5) is 23.7. The lowest BCUT2D eigenvalue weighted by Gasteiger charge is -2.28. The molecule has 7 heteroatoms. The van der Waals surface area contributed by atoms with Crippen LogP contribution in [0.5, 0.6) is 0 Å². The Balaban J connectivity index is 1.88. The summed E-state index contributed by atoms with van der Waals surface area (Å²) in [5, 5.41) is 22.7. The van der Waals surface area contributed by atoms with Gasteiger partial charge in [-0.2, -0.15) is 0 Å². The zero-order valence-corrected chi connectivity index (χ0v) is 15.2. The van der Waals surface area contributed by atoms with Crippen molar-refractivity contribution in [3.8, 4) is 0 Å². The number of aliphatic carboxylic acids is 1. The average Bonchev–Trinajstić information content (AvgIpc) is 2.63. The molecular formula is C19H17Cl2NO4. The summed E-state index contributed by atoms with van der Waals surface area (Å²) < 4.78 is 0. The number of aliphatic hydroxyl groups is 1. The number of amides is 1. The molecule has 0 radical (unpaired) electrons. The first kappa shape index (κ1) is 18.7. The van der Waals surface area contributed by atoms with Gasteiger partial charge < -0.3 is 15.5 Å². The third kappa shape index (κ3) is 3.70. The maximum atomic E-state index is 12.6. The van der Waals surface area contributed by atoms with Crippen molar-refractivity contribution in [1.29, 1.82) is 0 Å². The molecule has 0 saturated heterocycles. The molecule has 1 amide bonds. The first-order valence-electron chi connectivity index (χ1n) is 8.17. The molecule has 0 bridgehead atoms. The molecule has 3 rings (SSSR count). The second-order valence-corrected chi connectivity index (χ2v) is 7.02. The van der Waals surface area contributed by atoms with Crippen molar-refractivity contribution in [1.82, 2.24) is 5.32 Å². The molecule has 5 nitrogen and oxygen atoms in total. The van der Waals surface area contributed by atoms with Gasteiger partial charge in [0.15, 0.2) is 6.10 Å². The van der Waals surface area contributed by atoms with E-state index >= 15 is 0 Å². The summed E-state index contributed by atoms with van der Waals surface area (Å²) in [6.07, 6.45) is 0.596. The van der Waals surface area contributed by atoms with E-state index in [1.54, 1.807) is 24.3 Å². The highest BCUT2D eigenvalue weighted by atomic mass is 35.5. The number of benzene rings is 2. The molecule has 1 aliphatic carbocycles. The van der Waals surface area contributed by atoms with Gasteiger partial charge in [-0.3, -0.25) is 4.79 Å². The molecule has 136 valence electrons. The Morgan fingerprint density at radius 1 is 1.15 bits per heavy atom. The molecule has 0 saturated carbocycles. The van der Waals surface area contributed by atoms with Gasteiger partial charge in [-0.05, 0) is 54.2 Å². The van der Waals surface area contributed by atoms with Crippen molar-refractivity contribution >= 4 is 35.1 Å². The summed E-state index contributed by atoms with van der Waals surface area (Å²) in [7, 11) is 0. The van der Waals surface area contributed by atoms with Crippen LogP contribution < -0.4 is 5.32 Å². The van der Waals surface area contributed by atoms with Gasteiger partial charge in [-0.1, -0.05) is 41.4 Å². The van der Waals surface area contributed by atoms with Crippen LogP contribution in [0.1, 0.15) is 52.0 Å². The highest BCUT2D eigenvalue weighted by Gasteiger charge is 2.28. The number of hydrogen-bond donors (Lipinski definition) is 3. The summed E-state index contributed by atoms with van der Waals surface area (Å²) >= 11 is 11.9. The third-order valence-electron chi connectivity index (χ3n) is 4.56. The van der Waals surface area contributed by atoms with Crippen LogP contribution in [0.3, 0.4) is 0 Å². The van der Waals surface area contributed by atoms with Crippen LogP contribution in [-0.4, -0.2) is 22.1 Å². The molecule has 1 aliphatic rings. The first-order valence-corrected chi connectivity index (χ1v) is 8.92. The van der Waals surface area contributed by atoms with Gasteiger partial charge >= 0.3 is 5.97 Å². The fourth-order valence-corrected chi connectivity index (χ4v) is 3.59. The SMILES string of the molecule is O=C(NC1CCCc2c1cccc2C(O)C(=O)O)c1ccc(Cl)c(Cl)c1. The van der Waals surface area contributed by atoms with Crippen LogP contribution in [0.4, 0.5) is 0 Å². The molecular weight excluding hydrogens is 377 g/mol. The van der Waals surface area contributed by atoms with E-state index in [9.17, 15) is 14.7 Å². The maximum absolute atomic E-state index is 12.6. The predicted octanol–water partition coefficient (Wildman–Crippen LogP) is 3.92. The number of hydrogen-bond acceptors (Lipinski definition) is 3. The number of carboxylic acids is 1. The van der Waals surface area contributed by atoms with E-state index in [0.29, 0.717) is 27.6 Å². The molecule has 0 fully saturated rings. The molecule has 2 atom stereocenters. The largest absolute Gasteiger partial charge is 0.479 e. The summed E-state index contributed by atoms with van der Waals surface area (Å²) in [6.45, 7) is 0. The molecule has 0 heterocycles. The first-order chi connectivity index (χ1) is 12.4. The van der Waals surface area contributed by atoms with Gasteiger partial charge in [0.25, 0.3) is 5.91 Å². The lowest BCUT2D eigenvalue weighted by atomic mass is 9.83. The molecule has 0 spiro atoms. The number of carbonyl (C=O) groups is 2. The van der Waals surface area contributed by atoms with Crippen LogP contribution in [-0.2, 0) is 11.2 Å². The van der Waals surface area contributed by atoms with Crippen LogP contribution in [0.15, 0.2) is 36.4 Å². The number of nitrogens with one attached hydrogen (secondary N) is 1. The van der Waals surface area contributed by atoms with Gasteiger partial charge in [0.2, 0.25) is 0 Å². The Labute approximate surface area is 160 Å². The molecule has 2 aromatic carbocycles. The highest BCUT2D eigenvalue weighted by molar-refractivity contribution is 6.42. The summed E-state index contributed by atoms with van der Waals surface area (Å²) in [5.74, 6) is -1.58. The Kier molecular flexibility index (Phi) is 5.51. The average molecular weight is 394 g/mol. The van der Waals surface area contributed by atoms with Crippen LogP contribution in [0.25, 0.3) is 0 Å². The van der Waals surface area contributed by atoms with E-state index in [0.717, 1.165) is 24.0 Å². The van der Waals surface area contributed by atoms with Crippen molar-refractivity contribution in [3.05, 3.63) is 68.7 Å². The Hall–Kier alpha value is -2.08. The summed E-state index contributed by atoms with van der Waals surface area (Å²) in [5.41, 5.74) is 2.40. The second-order valence-electron chi connectivity index (χ2n) is 6.20.